The first kappa shape index (κ1) is 20.2. The number of carbonyl (C=O) groups is 1. The van der Waals surface area contributed by atoms with E-state index < -0.39 is 5.97 Å². The quantitative estimate of drug-likeness (QED) is 0.595. The van der Waals surface area contributed by atoms with Gasteiger partial charge in [0.1, 0.15) is 5.75 Å². The molecule has 5 nitrogen and oxygen atoms in total. The number of rotatable bonds is 6. The summed E-state index contributed by atoms with van der Waals surface area (Å²) in [7, 11) is 1.27. The van der Waals surface area contributed by atoms with E-state index in [1.54, 1.807) is 24.3 Å². The number of methoxy groups -OCH3 is 1. The summed E-state index contributed by atoms with van der Waals surface area (Å²) in [5, 5.41) is 1.36. The highest BCUT2D eigenvalue weighted by molar-refractivity contribution is 6.35. The number of fused-ring (bicyclic) bond motifs is 1. The second-order valence-corrected chi connectivity index (χ2v) is 7.07. The van der Waals surface area contributed by atoms with Gasteiger partial charge in [0.05, 0.1) is 23.0 Å². The van der Waals surface area contributed by atoms with E-state index in [4.69, 9.17) is 27.9 Å². The first-order valence-electron chi connectivity index (χ1n) is 8.74. The number of hydrogen-bond donors (Lipinski definition) is 1. The molecule has 0 unspecified atom stereocenters. The predicted molar refractivity (Wildman–Crippen MR) is 111 cm³/mol. The van der Waals surface area contributed by atoms with Crippen molar-refractivity contribution in [1.29, 1.82) is 0 Å². The molecule has 0 amide bonds. The van der Waals surface area contributed by atoms with Gasteiger partial charge in [-0.15, -0.1) is 0 Å². The van der Waals surface area contributed by atoms with Gasteiger partial charge in [-0.3, -0.25) is 4.79 Å². The Kier molecular flexibility index (Phi) is 6.27. The molecule has 3 rings (SSSR count). The molecule has 7 heteroatoms. The van der Waals surface area contributed by atoms with Gasteiger partial charge in [-0.05, 0) is 36.2 Å². The van der Waals surface area contributed by atoms with Crippen LogP contribution in [0.5, 0.6) is 5.75 Å². The summed E-state index contributed by atoms with van der Waals surface area (Å²) in [6.45, 7) is 1.67. The summed E-state index contributed by atoms with van der Waals surface area (Å²) in [5.41, 5.74) is 2.71. The molecule has 0 aliphatic heterocycles. The molecular formula is C21H19Cl2NO4. The van der Waals surface area contributed by atoms with Crippen LogP contribution in [0.2, 0.25) is 10.0 Å². The number of halogens is 2. The van der Waals surface area contributed by atoms with E-state index in [9.17, 15) is 9.59 Å². The maximum atomic E-state index is 13.4. The SMILES string of the molecule is CCc1[nH]c2c(Cl)ccc(OCC(=O)OC)c2c(=O)c1Cc1ccc(Cl)cc1. The first-order chi connectivity index (χ1) is 13.4. The van der Waals surface area contributed by atoms with Crippen LogP contribution in [0.4, 0.5) is 0 Å². The number of hydrogen-bond acceptors (Lipinski definition) is 4. The first-order valence-corrected chi connectivity index (χ1v) is 9.50. The lowest BCUT2D eigenvalue weighted by molar-refractivity contribution is -0.142. The van der Waals surface area contributed by atoms with Gasteiger partial charge in [-0.2, -0.15) is 0 Å². The van der Waals surface area contributed by atoms with E-state index in [1.807, 2.05) is 19.1 Å². The number of pyridine rings is 1. The zero-order chi connectivity index (χ0) is 20.3. The summed E-state index contributed by atoms with van der Waals surface area (Å²) >= 11 is 12.3. The summed E-state index contributed by atoms with van der Waals surface area (Å²) in [6.07, 6.45) is 1.08. The molecule has 3 aromatic rings. The monoisotopic (exact) mass is 419 g/mol. The number of esters is 1. The minimum Gasteiger partial charge on any atom is -0.481 e. The smallest absolute Gasteiger partial charge is 0.343 e. The Morgan fingerprint density at radius 1 is 1.11 bits per heavy atom. The van der Waals surface area contributed by atoms with Gasteiger partial charge in [-0.25, -0.2) is 4.79 Å². The molecule has 1 N–H and O–H groups in total. The minimum atomic E-state index is -0.536. The Labute approximate surface area is 172 Å². The number of ether oxygens (including phenoxy) is 2. The average molecular weight is 420 g/mol. The van der Waals surface area contributed by atoms with Gasteiger partial charge >= 0.3 is 5.97 Å². The average Bonchev–Trinajstić information content (AvgIpc) is 2.70. The van der Waals surface area contributed by atoms with Crippen LogP contribution < -0.4 is 10.2 Å². The third kappa shape index (κ3) is 4.16. The highest BCUT2D eigenvalue weighted by Crippen LogP contribution is 2.29. The van der Waals surface area contributed by atoms with Crippen LogP contribution in [0.15, 0.2) is 41.2 Å². The number of aromatic amines is 1. The molecule has 0 spiro atoms. The van der Waals surface area contributed by atoms with E-state index in [-0.39, 0.29) is 17.8 Å². The fourth-order valence-corrected chi connectivity index (χ4v) is 3.36. The number of aryl methyl sites for hydroxylation is 1. The van der Waals surface area contributed by atoms with Crippen LogP contribution in [-0.2, 0) is 22.4 Å². The van der Waals surface area contributed by atoms with Crippen LogP contribution in [0.3, 0.4) is 0 Å². The molecule has 0 aliphatic rings. The van der Waals surface area contributed by atoms with E-state index in [0.29, 0.717) is 39.4 Å². The molecule has 0 radical (unpaired) electrons. The van der Waals surface area contributed by atoms with Crippen molar-refractivity contribution in [3.8, 4) is 5.75 Å². The molecule has 2 aromatic carbocycles. The van der Waals surface area contributed by atoms with Crippen molar-refractivity contribution in [2.75, 3.05) is 13.7 Å². The van der Waals surface area contributed by atoms with E-state index in [1.165, 1.54) is 7.11 Å². The van der Waals surface area contributed by atoms with Crippen molar-refractivity contribution in [3.63, 3.8) is 0 Å². The van der Waals surface area contributed by atoms with Crippen molar-refractivity contribution in [1.82, 2.24) is 4.98 Å². The normalized spacial score (nSPS) is 10.9. The summed E-state index contributed by atoms with van der Waals surface area (Å²) < 4.78 is 10.1. The zero-order valence-corrected chi connectivity index (χ0v) is 17.0. The lowest BCUT2D eigenvalue weighted by Gasteiger charge is -2.14. The van der Waals surface area contributed by atoms with Crippen LogP contribution in [0.1, 0.15) is 23.7 Å². The maximum Gasteiger partial charge on any atom is 0.343 e. The summed E-state index contributed by atoms with van der Waals surface area (Å²) in [5.74, 6) is -0.253. The highest BCUT2D eigenvalue weighted by Gasteiger charge is 2.18. The molecule has 0 bridgehead atoms. The van der Waals surface area contributed by atoms with Gasteiger partial charge in [0, 0.05) is 22.7 Å². The Balaban J connectivity index is 2.15. The molecule has 1 aromatic heterocycles. The Morgan fingerprint density at radius 3 is 2.46 bits per heavy atom. The number of aromatic nitrogens is 1. The van der Waals surface area contributed by atoms with E-state index >= 15 is 0 Å². The second kappa shape index (κ2) is 8.67. The van der Waals surface area contributed by atoms with Crippen LogP contribution >= 0.6 is 23.2 Å². The zero-order valence-electron chi connectivity index (χ0n) is 15.5. The standard InChI is InChI=1S/C21H19Cl2NO4/c1-3-16-14(10-12-4-6-13(22)7-5-12)21(26)19-17(28-11-18(25)27-2)9-8-15(23)20(19)24-16/h4-9H,3,10-11H2,1-2H3,(H,24,26). The van der Waals surface area contributed by atoms with Crippen molar-refractivity contribution in [3.05, 3.63) is 73.5 Å². The van der Waals surface area contributed by atoms with E-state index in [0.717, 1.165) is 11.3 Å². The molecule has 28 heavy (non-hydrogen) atoms. The third-order valence-electron chi connectivity index (χ3n) is 4.48. The molecule has 146 valence electrons. The van der Waals surface area contributed by atoms with Gasteiger partial charge < -0.3 is 14.5 Å². The van der Waals surface area contributed by atoms with Crippen molar-refractivity contribution in [2.45, 2.75) is 19.8 Å². The van der Waals surface area contributed by atoms with Gasteiger partial charge in [0.25, 0.3) is 0 Å². The van der Waals surface area contributed by atoms with Gasteiger partial charge in [0.15, 0.2) is 12.0 Å². The summed E-state index contributed by atoms with van der Waals surface area (Å²) in [4.78, 5) is 28.1. The lowest BCUT2D eigenvalue weighted by atomic mass is 9.99. The van der Waals surface area contributed by atoms with Crippen LogP contribution in [0.25, 0.3) is 10.9 Å². The molecule has 0 saturated heterocycles. The Morgan fingerprint density at radius 2 is 1.82 bits per heavy atom. The molecule has 0 fully saturated rings. The third-order valence-corrected chi connectivity index (χ3v) is 5.05. The summed E-state index contributed by atoms with van der Waals surface area (Å²) in [6, 6.07) is 10.6. The number of nitrogens with one attached hydrogen (secondary N) is 1. The fourth-order valence-electron chi connectivity index (χ4n) is 3.03. The largest absolute Gasteiger partial charge is 0.481 e. The molecule has 0 atom stereocenters. The van der Waals surface area contributed by atoms with Crippen LogP contribution in [-0.4, -0.2) is 24.7 Å². The van der Waals surface area contributed by atoms with Gasteiger partial charge in [-0.1, -0.05) is 42.3 Å². The van der Waals surface area contributed by atoms with Crippen molar-refractivity contribution >= 4 is 40.1 Å². The molecule has 1 heterocycles. The topological polar surface area (TPSA) is 68.4 Å². The maximum absolute atomic E-state index is 13.4. The van der Waals surface area contributed by atoms with Crippen LogP contribution in [0, 0.1) is 0 Å². The number of benzene rings is 2. The molecule has 0 aliphatic carbocycles. The highest BCUT2D eigenvalue weighted by atomic mass is 35.5. The Bertz CT molecular complexity index is 1070. The van der Waals surface area contributed by atoms with E-state index in [2.05, 4.69) is 9.72 Å². The van der Waals surface area contributed by atoms with Gasteiger partial charge in [0.2, 0.25) is 0 Å². The fraction of sp³-hybridized carbons (Fsp3) is 0.238. The predicted octanol–water partition coefficient (Wildman–Crippen LogP) is 4.54. The van der Waals surface area contributed by atoms with Crippen molar-refractivity contribution < 1.29 is 14.3 Å². The molecular weight excluding hydrogens is 401 g/mol. The number of H-pyrrole nitrogens is 1. The van der Waals surface area contributed by atoms with Crippen molar-refractivity contribution in [2.24, 2.45) is 0 Å². The minimum absolute atomic E-state index is 0.178. The lowest BCUT2D eigenvalue weighted by Crippen LogP contribution is -2.18. The second-order valence-electron chi connectivity index (χ2n) is 6.23. The molecule has 0 saturated carbocycles. The Hall–Kier alpha value is -2.50. The number of carbonyl (C=O) groups excluding carboxylic acids is 1.